The summed E-state index contributed by atoms with van der Waals surface area (Å²) in [6, 6.07) is 0. The van der Waals surface area contributed by atoms with Crippen molar-refractivity contribution in [3.05, 3.63) is 20.3 Å². The molecule has 0 radical (unpaired) electrons. The van der Waals surface area contributed by atoms with Crippen molar-refractivity contribution in [2.45, 2.75) is 165 Å². The monoisotopic (exact) mass is 836 g/mol. The van der Waals surface area contributed by atoms with Crippen molar-refractivity contribution in [1.82, 2.24) is 0 Å². The summed E-state index contributed by atoms with van der Waals surface area (Å²) < 4.78 is 17.8. The second-order valence-electron chi connectivity index (χ2n) is 13.3. The smallest absolute Gasteiger partial charge is 0.153 e. The van der Waals surface area contributed by atoms with Crippen LogP contribution in [-0.4, -0.2) is 63.4 Å². The molecule has 0 aliphatic carbocycles. The molecule has 40 heavy (non-hydrogen) atoms. The molecule has 2 unspecified atom stereocenters. The van der Waals surface area contributed by atoms with E-state index in [-0.39, 0.29) is 26.4 Å². The van der Waals surface area contributed by atoms with Gasteiger partial charge in [-0.3, -0.25) is 0 Å². The third-order valence-corrected chi connectivity index (χ3v) is 37.8. The van der Waals surface area contributed by atoms with Crippen LogP contribution in [-0.2, 0) is 4.43 Å². The summed E-state index contributed by atoms with van der Waals surface area (Å²) in [7, 11) is -1.70. The van der Waals surface area contributed by atoms with E-state index >= 15 is 0 Å². The van der Waals surface area contributed by atoms with Crippen LogP contribution in [0.5, 0.6) is 0 Å². The van der Waals surface area contributed by atoms with Crippen LogP contribution in [0, 0.1) is 0 Å². The topological polar surface area (TPSA) is 29.5 Å². The molecule has 0 spiro atoms. The minimum absolute atomic E-state index is 0. The standard InChI is InChI=1S/C12H25OSi.4C4H9.C3H5O.2CH3.2H3P.2Sn/c1-8-9-13-14(10(2)3,11(4)5)12(6)7;4*1-3-4-2;1-2-3-4;;;;;;/h1,8,10-12H,9H2,2-7H3;4*1,3-4H2,2H3;1-2,4H,3H2;4*1H3;;. The van der Waals surface area contributed by atoms with E-state index in [4.69, 9.17) is 9.53 Å². The van der Waals surface area contributed by atoms with Gasteiger partial charge in [-0.25, -0.2) is 0 Å². The second-order valence-corrected chi connectivity index (χ2v) is 45.3. The molecule has 0 aromatic rings. The van der Waals surface area contributed by atoms with Gasteiger partial charge in [0.05, 0.1) is 0 Å². The van der Waals surface area contributed by atoms with Crippen molar-refractivity contribution >= 4 is 64.9 Å². The molecule has 0 amide bonds. The quantitative estimate of drug-likeness (QED) is 0.0922. The molecule has 0 aliphatic rings. The number of unbranched alkanes of at least 4 members (excludes halogenated alkanes) is 4. The zero-order valence-corrected chi connectivity index (χ0v) is 39.2. The molecule has 7 heteroatoms. The molecular formula is C33H78O2P2SiSn2. The summed E-state index contributed by atoms with van der Waals surface area (Å²) in [5, 5.41) is 8.83. The maximum absolute atomic E-state index is 8.83. The zero-order chi connectivity index (χ0) is 29.7. The van der Waals surface area contributed by atoms with Gasteiger partial charge in [-0.2, -0.15) is 19.8 Å². The maximum atomic E-state index is 8.83. The van der Waals surface area contributed by atoms with Crippen molar-refractivity contribution in [3.8, 4) is 0 Å². The first-order valence-corrected chi connectivity index (χ1v) is 35.7. The Hall–Kier alpha value is 2.07. The van der Waals surface area contributed by atoms with E-state index in [2.05, 4.69) is 93.4 Å². The van der Waals surface area contributed by atoms with Crippen molar-refractivity contribution in [1.29, 1.82) is 0 Å². The minimum Gasteiger partial charge on any atom is -0.153 e. The molecule has 0 rings (SSSR count). The molecule has 2 nitrogen and oxygen atoms in total. The van der Waals surface area contributed by atoms with Crippen LogP contribution in [0.1, 0.15) is 121 Å². The largest absolute Gasteiger partial charge is 0.153 e. The molecule has 1 N–H and O–H groups in total. The Morgan fingerprint density at radius 3 is 1.15 bits per heavy atom. The van der Waals surface area contributed by atoms with Gasteiger partial charge < -0.3 is 0 Å². The summed E-state index contributed by atoms with van der Waals surface area (Å²) in [5.41, 5.74) is 2.04. The van der Waals surface area contributed by atoms with E-state index < -0.39 is 45.1 Å². The van der Waals surface area contributed by atoms with E-state index in [9.17, 15) is 0 Å². The summed E-state index contributed by atoms with van der Waals surface area (Å²) in [6.07, 6.45) is 15.3. The van der Waals surface area contributed by atoms with Gasteiger partial charge in [0.2, 0.25) is 0 Å². The molecule has 0 aliphatic heterocycles. The van der Waals surface area contributed by atoms with Crippen LogP contribution in [0.15, 0.2) is 20.3 Å². The molecule has 0 aromatic carbocycles. The SMILES string of the molecule is CCC[CH2][Sn]([CH3])(/[CH]=C/CO)[CH2]CCC.CCC[CH2][Sn]([CH3])(/[CH]=C/CO[Si](C(C)C)(C(C)C)C(C)C)[CH2]CCC.P.P. The first kappa shape index (κ1) is 49.0. The number of hydrogen-bond acceptors (Lipinski definition) is 2. The summed E-state index contributed by atoms with van der Waals surface area (Å²) in [4.78, 5) is 5.17. The van der Waals surface area contributed by atoms with E-state index in [1.54, 1.807) is 0 Å². The Morgan fingerprint density at radius 1 is 0.600 bits per heavy atom. The van der Waals surface area contributed by atoms with Crippen LogP contribution in [0.4, 0.5) is 0 Å². The predicted molar refractivity (Wildman–Crippen MR) is 207 cm³/mol. The molecule has 244 valence electrons. The fourth-order valence-corrected chi connectivity index (χ4v) is 32.1. The van der Waals surface area contributed by atoms with Crippen molar-refractivity contribution in [2.24, 2.45) is 0 Å². The first-order valence-electron chi connectivity index (χ1n) is 16.4. The summed E-state index contributed by atoms with van der Waals surface area (Å²) in [5.74, 6) is 0. The van der Waals surface area contributed by atoms with E-state index in [0.717, 1.165) is 6.61 Å². The van der Waals surface area contributed by atoms with Gasteiger partial charge >= 0.3 is 253 Å². The van der Waals surface area contributed by atoms with Gasteiger partial charge in [-0.15, -0.1) is 0 Å². The summed E-state index contributed by atoms with van der Waals surface area (Å²) >= 11 is -3.92. The van der Waals surface area contributed by atoms with Crippen molar-refractivity contribution in [2.75, 3.05) is 13.2 Å². The third kappa shape index (κ3) is 20.9. The molecule has 0 bridgehead atoms. The Kier molecular flexibility index (Phi) is 34.9. The molecule has 2 atom stereocenters. The average Bonchev–Trinajstić information content (AvgIpc) is 2.87. The molecular weight excluding hydrogens is 756 g/mol. The Bertz CT molecular complexity index is 575. The van der Waals surface area contributed by atoms with Crippen molar-refractivity contribution < 1.29 is 9.53 Å². The number of aliphatic hydroxyl groups excluding tert-OH is 1. The van der Waals surface area contributed by atoms with Crippen LogP contribution in [0.2, 0.25) is 44.2 Å². The number of aliphatic hydroxyl groups is 1. The normalized spacial score (nSPS) is 12.7. The minimum atomic E-state index is -2.02. The first-order chi connectivity index (χ1) is 17.8. The Balaban J connectivity index is -0.000000349. The Morgan fingerprint density at radius 2 is 0.900 bits per heavy atom. The van der Waals surface area contributed by atoms with Gasteiger partial charge in [-0.1, -0.05) is 0 Å². The van der Waals surface area contributed by atoms with Crippen LogP contribution in [0.25, 0.3) is 0 Å². The average molecular weight is 834 g/mol. The van der Waals surface area contributed by atoms with Crippen LogP contribution >= 0.6 is 19.8 Å². The summed E-state index contributed by atoms with van der Waals surface area (Å²) in [6.45, 7) is 24.5. The molecule has 0 aromatic heterocycles. The number of rotatable bonds is 21. The molecule has 0 saturated carbocycles. The number of hydrogen-bond donors (Lipinski definition) is 1. The van der Waals surface area contributed by atoms with Crippen molar-refractivity contribution in [3.63, 3.8) is 0 Å². The van der Waals surface area contributed by atoms with Gasteiger partial charge in [-0.05, 0) is 0 Å². The van der Waals surface area contributed by atoms with Crippen LogP contribution < -0.4 is 0 Å². The Labute approximate surface area is 270 Å². The van der Waals surface area contributed by atoms with Gasteiger partial charge in [0.1, 0.15) is 0 Å². The molecule has 0 fully saturated rings. The third-order valence-electron chi connectivity index (χ3n) is 8.69. The zero-order valence-electron chi connectivity index (χ0n) is 29.7. The molecule has 0 heterocycles. The van der Waals surface area contributed by atoms with Gasteiger partial charge in [0, 0.05) is 0 Å². The predicted octanol–water partition coefficient (Wildman–Crippen LogP) is 11.8. The van der Waals surface area contributed by atoms with Crippen LogP contribution in [0.3, 0.4) is 0 Å². The van der Waals surface area contributed by atoms with E-state index in [0.29, 0.717) is 16.6 Å². The maximum Gasteiger partial charge on any atom is -0.153 e. The van der Waals surface area contributed by atoms with E-state index in [1.165, 1.54) is 69.1 Å². The van der Waals surface area contributed by atoms with Gasteiger partial charge in [0.25, 0.3) is 0 Å². The molecule has 0 saturated heterocycles. The second kappa shape index (κ2) is 28.5. The van der Waals surface area contributed by atoms with Gasteiger partial charge in [0.15, 0.2) is 0 Å². The van der Waals surface area contributed by atoms with E-state index in [1.807, 2.05) is 6.08 Å². The fraction of sp³-hybridized carbons (Fsp3) is 0.879. The fourth-order valence-electron chi connectivity index (χ4n) is 6.27.